The van der Waals surface area contributed by atoms with Crippen LogP contribution in [0.5, 0.6) is 5.75 Å². The van der Waals surface area contributed by atoms with Crippen LogP contribution in [0.1, 0.15) is 34.0 Å². The maximum atomic E-state index is 12.2. The molecule has 0 spiro atoms. The predicted octanol–water partition coefficient (Wildman–Crippen LogP) is 3.80. The number of rotatable bonds is 3. The molecule has 0 atom stereocenters. The van der Waals surface area contributed by atoms with Gasteiger partial charge in [0.15, 0.2) is 0 Å². The van der Waals surface area contributed by atoms with Crippen molar-refractivity contribution < 1.29 is 9.90 Å². The normalized spacial score (nSPS) is 13.2. The fourth-order valence-corrected chi connectivity index (χ4v) is 3.47. The Hall–Kier alpha value is -3.14. The van der Waals surface area contributed by atoms with Gasteiger partial charge in [-0.25, -0.2) is 5.43 Å². The van der Waals surface area contributed by atoms with E-state index in [1.165, 1.54) is 34.0 Å². The van der Waals surface area contributed by atoms with Crippen LogP contribution in [-0.4, -0.2) is 16.7 Å². The van der Waals surface area contributed by atoms with Crippen molar-refractivity contribution in [1.29, 1.82) is 0 Å². The van der Waals surface area contributed by atoms with Gasteiger partial charge in [-0.1, -0.05) is 36.4 Å². The lowest BCUT2D eigenvalue weighted by Crippen LogP contribution is -2.19. The van der Waals surface area contributed by atoms with Crippen molar-refractivity contribution in [3.63, 3.8) is 0 Å². The van der Waals surface area contributed by atoms with Gasteiger partial charge in [0.05, 0.1) is 5.71 Å². The third kappa shape index (κ3) is 2.76. The van der Waals surface area contributed by atoms with Gasteiger partial charge in [0, 0.05) is 11.1 Å². The SMILES string of the molecule is C/C(=N\NC(=O)c1cccc(O)c1)c1ccc2c3c(cccc13)CC2. The van der Waals surface area contributed by atoms with E-state index in [4.69, 9.17) is 0 Å². The first-order valence-corrected chi connectivity index (χ1v) is 8.31. The average molecular weight is 330 g/mol. The van der Waals surface area contributed by atoms with Gasteiger partial charge in [-0.2, -0.15) is 5.10 Å². The molecule has 4 rings (SSSR count). The maximum Gasteiger partial charge on any atom is 0.271 e. The molecule has 0 fully saturated rings. The van der Waals surface area contributed by atoms with E-state index < -0.39 is 0 Å². The predicted molar refractivity (Wildman–Crippen MR) is 99.1 cm³/mol. The molecule has 3 aromatic carbocycles. The number of phenolic OH excluding ortho intramolecular Hbond substituents is 1. The lowest BCUT2D eigenvalue weighted by atomic mass is 9.98. The summed E-state index contributed by atoms with van der Waals surface area (Å²) in [5.41, 5.74) is 7.49. The third-order valence-corrected chi connectivity index (χ3v) is 4.70. The zero-order chi connectivity index (χ0) is 17.4. The molecule has 4 nitrogen and oxygen atoms in total. The number of aryl methyl sites for hydroxylation is 2. The first-order valence-electron chi connectivity index (χ1n) is 8.31. The average Bonchev–Trinajstić information content (AvgIpc) is 3.05. The van der Waals surface area contributed by atoms with E-state index in [1.807, 2.05) is 6.92 Å². The Labute approximate surface area is 145 Å². The molecular weight excluding hydrogens is 312 g/mol. The monoisotopic (exact) mass is 330 g/mol. The second-order valence-corrected chi connectivity index (χ2v) is 6.30. The Balaban J connectivity index is 1.65. The van der Waals surface area contributed by atoms with Gasteiger partial charge in [0.25, 0.3) is 5.91 Å². The Kier molecular flexibility index (Phi) is 3.73. The van der Waals surface area contributed by atoms with Gasteiger partial charge in [0.2, 0.25) is 0 Å². The minimum atomic E-state index is -0.346. The Morgan fingerprint density at radius 1 is 1.04 bits per heavy atom. The van der Waals surface area contributed by atoms with Crippen LogP contribution >= 0.6 is 0 Å². The Bertz CT molecular complexity index is 1010. The summed E-state index contributed by atoms with van der Waals surface area (Å²) in [6.07, 6.45) is 2.17. The highest BCUT2D eigenvalue weighted by Gasteiger charge is 2.16. The second-order valence-electron chi connectivity index (χ2n) is 6.30. The van der Waals surface area contributed by atoms with E-state index in [0.29, 0.717) is 5.56 Å². The molecular formula is C21H18N2O2. The van der Waals surface area contributed by atoms with Crippen molar-refractivity contribution in [3.8, 4) is 5.75 Å². The lowest BCUT2D eigenvalue weighted by molar-refractivity contribution is 0.0954. The van der Waals surface area contributed by atoms with Crippen molar-refractivity contribution in [2.75, 3.05) is 0 Å². The van der Waals surface area contributed by atoms with Crippen LogP contribution in [0.3, 0.4) is 0 Å². The number of phenols is 1. The summed E-state index contributed by atoms with van der Waals surface area (Å²) < 4.78 is 0. The van der Waals surface area contributed by atoms with Gasteiger partial charge in [0.1, 0.15) is 5.75 Å². The lowest BCUT2D eigenvalue weighted by Gasteiger charge is -2.09. The molecule has 0 saturated heterocycles. The van der Waals surface area contributed by atoms with Crippen LogP contribution in [-0.2, 0) is 12.8 Å². The number of hydrazone groups is 1. The van der Waals surface area contributed by atoms with Crippen molar-refractivity contribution >= 4 is 22.4 Å². The van der Waals surface area contributed by atoms with E-state index in [0.717, 1.165) is 24.1 Å². The fourth-order valence-electron chi connectivity index (χ4n) is 3.47. The first-order chi connectivity index (χ1) is 12.1. The molecule has 0 aliphatic heterocycles. The van der Waals surface area contributed by atoms with Crippen molar-refractivity contribution in [1.82, 2.24) is 5.43 Å². The van der Waals surface area contributed by atoms with Gasteiger partial charge >= 0.3 is 0 Å². The molecule has 1 aliphatic carbocycles. The highest BCUT2D eigenvalue weighted by Crippen LogP contribution is 2.32. The molecule has 1 amide bonds. The fraction of sp³-hybridized carbons (Fsp3) is 0.143. The summed E-state index contributed by atoms with van der Waals surface area (Å²) in [6, 6.07) is 16.8. The zero-order valence-electron chi connectivity index (χ0n) is 13.9. The summed E-state index contributed by atoms with van der Waals surface area (Å²) in [4.78, 5) is 12.2. The number of nitrogens with zero attached hydrogens (tertiary/aromatic N) is 1. The van der Waals surface area contributed by atoms with Gasteiger partial charge in [-0.15, -0.1) is 0 Å². The molecule has 4 heteroatoms. The summed E-state index contributed by atoms with van der Waals surface area (Å²) in [6.45, 7) is 1.89. The minimum Gasteiger partial charge on any atom is -0.508 e. The van der Waals surface area contributed by atoms with Crippen LogP contribution in [0, 0.1) is 0 Å². The van der Waals surface area contributed by atoms with Crippen LogP contribution < -0.4 is 5.43 Å². The number of hydrogen-bond donors (Lipinski definition) is 2. The van der Waals surface area contributed by atoms with Gasteiger partial charge in [-0.3, -0.25) is 4.79 Å². The summed E-state index contributed by atoms with van der Waals surface area (Å²) >= 11 is 0. The van der Waals surface area contributed by atoms with Gasteiger partial charge in [-0.05, 0) is 59.9 Å². The molecule has 3 aromatic rings. The largest absolute Gasteiger partial charge is 0.508 e. The molecule has 25 heavy (non-hydrogen) atoms. The molecule has 0 aromatic heterocycles. The Morgan fingerprint density at radius 3 is 2.60 bits per heavy atom. The minimum absolute atomic E-state index is 0.0563. The van der Waals surface area contributed by atoms with Crippen molar-refractivity contribution in [2.24, 2.45) is 5.10 Å². The highest BCUT2D eigenvalue weighted by atomic mass is 16.3. The molecule has 0 unspecified atom stereocenters. The smallest absolute Gasteiger partial charge is 0.271 e. The maximum absolute atomic E-state index is 12.2. The number of aromatic hydroxyl groups is 1. The van der Waals surface area contributed by atoms with E-state index >= 15 is 0 Å². The zero-order valence-corrected chi connectivity index (χ0v) is 13.9. The number of carbonyl (C=O) groups is 1. The number of hydrogen-bond acceptors (Lipinski definition) is 3. The topological polar surface area (TPSA) is 61.7 Å². The molecule has 0 bridgehead atoms. The van der Waals surface area contributed by atoms with Crippen molar-refractivity contribution in [2.45, 2.75) is 19.8 Å². The summed E-state index contributed by atoms with van der Waals surface area (Å²) in [5.74, 6) is -0.290. The number of amides is 1. The Morgan fingerprint density at radius 2 is 1.80 bits per heavy atom. The van der Waals surface area contributed by atoms with E-state index in [9.17, 15) is 9.90 Å². The van der Waals surface area contributed by atoms with Crippen molar-refractivity contribution in [3.05, 3.63) is 76.9 Å². The number of carbonyl (C=O) groups excluding carboxylic acids is 1. The van der Waals surface area contributed by atoms with E-state index in [2.05, 4.69) is 40.9 Å². The molecule has 0 saturated carbocycles. The first kappa shape index (κ1) is 15.4. The number of benzene rings is 3. The molecule has 0 heterocycles. The van der Waals surface area contributed by atoms with Gasteiger partial charge < -0.3 is 5.11 Å². The molecule has 2 N–H and O–H groups in total. The van der Waals surface area contributed by atoms with Crippen LogP contribution in [0.25, 0.3) is 10.8 Å². The standard InChI is InChI=1S/C21H18N2O2/c1-13(22-23-21(25)16-5-2-6-17(24)12-16)18-11-10-15-9-8-14-4-3-7-19(18)20(14)15/h2-7,10-12,24H,8-9H2,1H3,(H,23,25)/b22-13+. The molecule has 124 valence electrons. The molecule has 0 radical (unpaired) electrons. The summed E-state index contributed by atoms with van der Waals surface area (Å²) in [5, 5.41) is 16.3. The van der Waals surface area contributed by atoms with E-state index in [-0.39, 0.29) is 11.7 Å². The van der Waals surface area contributed by atoms with Crippen LogP contribution in [0.4, 0.5) is 0 Å². The number of nitrogens with one attached hydrogen (secondary N) is 1. The highest BCUT2D eigenvalue weighted by molar-refractivity contribution is 6.11. The summed E-state index contributed by atoms with van der Waals surface area (Å²) in [7, 11) is 0. The van der Waals surface area contributed by atoms with E-state index in [1.54, 1.807) is 12.1 Å². The quantitative estimate of drug-likeness (QED) is 0.567. The molecule has 1 aliphatic rings. The van der Waals surface area contributed by atoms with Crippen LogP contribution in [0.15, 0.2) is 59.7 Å². The third-order valence-electron chi connectivity index (χ3n) is 4.70. The van der Waals surface area contributed by atoms with Crippen LogP contribution in [0.2, 0.25) is 0 Å². The second kappa shape index (κ2) is 6.06.